The van der Waals surface area contributed by atoms with Crippen molar-refractivity contribution in [1.82, 2.24) is 19.4 Å². The Morgan fingerprint density at radius 2 is 2.15 bits per heavy atom. The molecule has 2 atom stereocenters. The Balaban J connectivity index is 1.56. The van der Waals surface area contributed by atoms with Crippen LogP contribution >= 0.6 is 11.6 Å². The highest BCUT2D eigenvalue weighted by Crippen LogP contribution is 2.55. The van der Waals surface area contributed by atoms with Gasteiger partial charge >= 0.3 is 0 Å². The number of nitrogen functional groups attached to an aromatic ring is 1. The number of rotatable bonds is 4. The van der Waals surface area contributed by atoms with E-state index in [0.29, 0.717) is 48.8 Å². The van der Waals surface area contributed by atoms with Gasteiger partial charge in [-0.3, -0.25) is 4.79 Å². The van der Waals surface area contributed by atoms with E-state index in [-0.39, 0.29) is 16.8 Å². The van der Waals surface area contributed by atoms with Gasteiger partial charge in [-0.25, -0.2) is 14.4 Å². The molecule has 1 aliphatic carbocycles. The largest absolute Gasteiger partial charge is 0.398 e. The van der Waals surface area contributed by atoms with Crippen molar-refractivity contribution in [3.05, 3.63) is 59.0 Å². The highest BCUT2D eigenvalue weighted by Gasteiger charge is 2.53. The number of fused-ring (bicyclic) bond motifs is 2. The number of pyridine rings is 1. The van der Waals surface area contributed by atoms with Crippen LogP contribution in [0.2, 0.25) is 5.02 Å². The monoisotopic (exact) mass is 484 g/mol. The maximum absolute atomic E-state index is 15.6. The van der Waals surface area contributed by atoms with Crippen molar-refractivity contribution in [1.29, 1.82) is 0 Å². The fourth-order valence-electron chi connectivity index (χ4n) is 5.37. The van der Waals surface area contributed by atoms with Crippen LogP contribution in [0.15, 0.2) is 37.1 Å². The predicted molar refractivity (Wildman–Crippen MR) is 128 cm³/mol. The number of hydrogen-bond acceptors (Lipinski definition) is 6. The third-order valence-electron chi connectivity index (χ3n) is 7.00. The molecule has 1 spiro atoms. The number of aromatic nitrogens is 3. The van der Waals surface area contributed by atoms with Crippen molar-refractivity contribution < 1.29 is 14.3 Å². The highest BCUT2D eigenvalue weighted by atomic mass is 35.5. The molecule has 1 fully saturated rings. The molecule has 2 aromatic heterocycles. The zero-order valence-electron chi connectivity index (χ0n) is 19.0. The van der Waals surface area contributed by atoms with E-state index in [0.717, 1.165) is 5.56 Å². The van der Waals surface area contributed by atoms with Crippen molar-refractivity contribution >= 4 is 29.0 Å². The minimum atomic E-state index is -0.929. The molecule has 0 bridgehead atoms. The highest BCUT2D eigenvalue weighted by molar-refractivity contribution is 6.34. The molecule has 0 radical (unpaired) electrons. The molecule has 5 rings (SSSR count). The SMILES string of the molecule is CN(C)C(=O)c1c(N)ccc(-c2cnc3c(c2Cl)C2(CCC(O)(Cn4ccnc4)C2)CN3)c1F. The van der Waals surface area contributed by atoms with E-state index in [1.165, 1.54) is 37.3 Å². The number of anilines is 2. The number of nitrogens with zero attached hydrogens (tertiary/aromatic N) is 4. The van der Waals surface area contributed by atoms with Gasteiger partial charge in [0.15, 0.2) is 0 Å². The van der Waals surface area contributed by atoms with Crippen LogP contribution in [0.3, 0.4) is 0 Å². The first-order valence-electron chi connectivity index (χ1n) is 11.1. The number of amides is 1. The average Bonchev–Trinajstić information content (AvgIpc) is 3.50. The number of nitrogens with one attached hydrogen (secondary N) is 1. The molecule has 2 unspecified atom stereocenters. The zero-order valence-corrected chi connectivity index (χ0v) is 19.7. The van der Waals surface area contributed by atoms with Gasteiger partial charge in [0.05, 0.1) is 29.1 Å². The van der Waals surface area contributed by atoms with Crippen LogP contribution in [-0.4, -0.2) is 56.7 Å². The van der Waals surface area contributed by atoms with Gasteiger partial charge in [-0.05, 0) is 31.4 Å². The molecule has 178 valence electrons. The molecule has 1 aromatic carbocycles. The van der Waals surface area contributed by atoms with Gasteiger partial charge in [-0.1, -0.05) is 11.6 Å². The average molecular weight is 485 g/mol. The van der Waals surface area contributed by atoms with Gasteiger partial charge in [0.1, 0.15) is 11.6 Å². The third kappa shape index (κ3) is 3.50. The predicted octanol–water partition coefficient (Wildman–Crippen LogP) is 3.30. The van der Waals surface area contributed by atoms with Crippen LogP contribution in [0.5, 0.6) is 0 Å². The van der Waals surface area contributed by atoms with Crippen LogP contribution in [-0.2, 0) is 12.0 Å². The van der Waals surface area contributed by atoms with E-state index in [1.807, 2.05) is 10.8 Å². The molecular formula is C24H26ClFN6O2. The van der Waals surface area contributed by atoms with E-state index >= 15 is 4.39 Å². The summed E-state index contributed by atoms with van der Waals surface area (Å²) >= 11 is 6.93. The Kier molecular flexibility index (Phi) is 5.29. The number of imidazole rings is 1. The smallest absolute Gasteiger partial charge is 0.258 e. The molecule has 1 saturated carbocycles. The topological polar surface area (TPSA) is 109 Å². The van der Waals surface area contributed by atoms with Crippen molar-refractivity contribution in [3.8, 4) is 11.1 Å². The van der Waals surface area contributed by atoms with E-state index in [4.69, 9.17) is 17.3 Å². The molecule has 1 amide bonds. The third-order valence-corrected chi connectivity index (χ3v) is 7.39. The van der Waals surface area contributed by atoms with E-state index in [2.05, 4.69) is 15.3 Å². The van der Waals surface area contributed by atoms with Gasteiger partial charge in [-0.15, -0.1) is 0 Å². The van der Waals surface area contributed by atoms with Crippen molar-refractivity contribution in [2.75, 3.05) is 31.7 Å². The quantitative estimate of drug-likeness (QED) is 0.490. The number of carbonyl (C=O) groups is 1. The second-order valence-corrected chi connectivity index (χ2v) is 9.95. The van der Waals surface area contributed by atoms with E-state index in [9.17, 15) is 9.90 Å². The number of aliphatic hydroxyl groups is 1. The summed E-state index contributed by atoms with van der Waals surface area (Å²) in [6, 6.07) is 3.03. The molecule has 10 heteroatoms. The zero-order chi connectivity index (χ0) is 24.3. The van der Waals surface area contributed by atoms with Crippen molar-refractivity contribution in [2.24, 2.45) is 0 Å². The Morgan fingerprint density at radius 3 is 2.85 bits per heavy atom. The summed E-state index contributed by atoms with van der Waals surface area (Å²) < 4.78 is 17.5. The fraction of sp³-hybridized carbons (Fsp3) is 0.375. The van der Waals surface area contributed by atoms with Crippen LogP contribution in [0.25, 0.3) is 11.1 Å². The summed E-state index contributed by atoms with van der Waals surface area (Å²) in [6.07, 6.45) is 8.49. The molecule has 2 aliphatic rings. The Hall–Kier alpha value is -3.17. The summed E-state index contributed by atoms with van der Waals surface area (Å²) in [7, 11) is 3.08. The van der Waals surface area contributed by atoms with Crippen LogP contribution in [0.1, 0.15) is 35.2 Å². The first-order valence-corrected chi connectivity index (χ1v) is 11.4. The van der Waals surface area contributed by atoms with Crippen LogP contribution in [0.4, 0.5) is 15.9 Å². The van der Waals surface area contributed by atoms with Gasteiger partial charge in [0.2, 0.25) is 0 Å². The first kappa shape index (κ1) is 22.6. The minimum Gasteiger partial charge on any atom is -0.398 e. The molecule has 4 N–H and O–H groups in total. The lowest BCUT2D eigenvalue weighted by Gasteiger charge is -2.29. The number of halogens is 2. The number of carbonyl (C=O) groups excluding carboxylic acids is 1. The molecule has 1 aliphatic heterocycles. The molecular weight excluding hydrogens is 459 g/mol. The minimum absolute atomic E-state index is 0.0590. The molecule has 0 saturated heterocycles. The summed E-state index contributed by atoms with van der Waals surface area (Å²) in [4.78, 5) is 22.4. The second-order valence-electron chi connectivity index (χ2n) is 9.57. The van der Waals surface area contributed by atoms with Crippen molar-refractivity contribution in [2.45, 2.75) is 36.8 Å². The lowest BCUT2D eigenvalue weighted by atomic mass is 9.79. The van der Waals surface area contributed by atoms with E-state index < -0.39 is 22.7 Å². The summed E-state index contributed by atoms with van der Waals surface area (Å²) in [5.41, 5.74) is 5.77. The molecule has 34 heavy (non-hydrogen) atoms. The van der Waals surface area contributed by atoms with Gasteiger partial charge in [-0.2, -0.15) is 0 Å². The molecule has 3 heterocycles. The van der Waals surface area contributed by atoms with Gasteiger partial charge < -0.3 is 25.6 Å². The number of nitrogens with two attached hydrogens (primary N) is 1. The molecule has 3 aromatic rings. The second kappa shape index (κ2) is 7.95. The lowest BCUT2D eigenvalue weighted by Crippen LogP contribution is -2.35. The maximum Gasteiger partial charge on any atom is 0.258 e. The maximum atomic E-state index is 15.6. The Bertz CT molecular complexity index is 1280. The summed E-state index contributed by atoms with van der Waals surface area (Å²) in [6.45, 7) is 1.01. The number of hydrogen-bond donors (Lipinski definition) is 3. The number of benzene rings is 1. The van der Waals surface area contributed by atoms with Gasteiger partial charge in [0, 0.05) is 67.0 Å². The normalized spacial score (nSPS) is 23.2. The van der Waals surface area contributed by atoms with Crippen LogP contribution in [0, 0.1) is 5.82 Å². The van der Waals surface area contributed by atoms with Crippen LogP contribution < -0.4 is 11.1 Å². The molecule has 8 nitrogen and oxygen atoms in total. The standard InChI is InChI=1S/C24H26ClFN6O2/c1-31(2)22(33)17-16(27)4-3-14(20(17)26)15-9-29-21-18(19(15)25)23(11-30-21)5-6-24(34,10-23)12-32-8-7-28-13-32/h3-4,7-9,13,34H,5-6,10-12,27H2,1-2H3,(H,29,30). The van der Waals surface area contributed by atoms with E-state index in [1.54, 1.807) is 12.5 Å². The van der Waals surface area contributed by atoms with Gasteiger partial charge in [0.25, 0.3) is 5.91 Å². The summed E-state index contributed by atoms with van der Waals surface area (Å²) in [5.74, 6) is -0.618. The first-order chi connectivity index (χ1) is 16.1. The summed E-state index contributed by atoms with van der Waals surface area (Å²) in [5, 5.41) is 15.0. The Morgan fingerprint density at radius 1 is 1.35 bits per heavy atom. The Labute approximate surface area is 201 Å². The fourth-order valence-corrected chi connectivity index (χ4v) is 5.81. The van der Waals surface area contributed by atoms with Crippen molar-refractivity contribution in [3.63, 3.8) is 0 Å². The lowest BCUT2D eigenvalue weighted by molar-refractivity contribution is 0.0244.